The third kappa shape index (κ3) is 2.76. The molecule has 1 rings (SSSR count). The third-order valence-corrected chi connectivity index (χ3v) is 2.95. The quantitative estimate of drug-likeness (QED) is 0.880. The van der Waals surface area contributed by atoms with Crippen LogP contribution in [0.15, 0.2) is 4.60 Å². The number of aryl methyl sites for hydroxylation is 1. The Morgan fingerprint density at radius 1 is 1.60 bits per heavy atom. The summed E-state index contributed by atoms with van der Waals surface area (Å²) in [5, 5.41) is 11.3. The third-order valence-electron chi connectivity index (χ3n) is 2.39. The fourth-order valence-electron chi connectivity index (χ4n) is 1.51. The summed E-state index contributed by atoms with van der Waals surface area (Å²) < 4.78 is 7.87. The molecule has 0 fully saturated rings. The van der Waals surface area contributed by atoms with E-state index in [9.17, 15) is 0 Å². The summed E-state index contributed by atoms with van der Waals surface area (Å²) in [7, 11) is 3.58. The SMILES string of the molecule is CCNC(c1c(Br)nnn1C)C(C)OC. The lowest BCUT2D eigenvalue weighted by atomic mass is 10.1. The van der Waals surface area contributed by atoms with Crippen molar-refractivity contribution in [3.05, 3.63) is 10.3 Å². The van der Waals surface area contributed by atoms with Crippen LogP contribution in [-0.4, -0.2) is 34.8 Å². The van der Waals surface area contributed by atoms with Crippen LogP contribution in [0.5, 0.6) is 0 Å². The van der Waals surface area contributed by atoms with Crippen LogP contribution in [0.4, 0.5) is 0 Å². The Balaban J connectivity index is 2.98. The van der Waals surface area contributed by atoms with Crippen molar-refractivity contribution in [1.82, 2.24) is 20.3 Å². The molecule has 1 heterocycles. The molecule has 0 bridgehead atoms. The second kappa shape index (κ2) is 5.58. The average molecular weight is 277 g/mol. The van der Waals surface area contributed by atoms with Crippen LogP contribution >= 0.6 is 15.9 Å². The van der Waals surface area contributed by atoms with Gasteiger partial charge in [-0.15, -0.1) is 5.10 Å². The molecule has 86 valence electrons. The molecule has 1 aromatic rings. The summed E-state index contributed by atoms with van der Waals surface area (Å²) in [5.41, 5.74) is 1.01. The summed E-state index contributed by atoms with van der Waals surface area (Å²) in [6.45, 7) is 4.95. The first-order valence-electron chi connectivity index (χ1n) is 4.93. The first-order valence-corrected chi connectivity index (χ1v) is 5.72. The lowest BCUT2D eigenvalue weighted by molar-refractivity contribution is 0.0806. The van der Waals surface area contributed by atoms with Crippen molar-refractivity contribution < 1.29 is 4.74 Å². The molecular weight excluding hydrogens is 260 g/mol. The average Bonchev–Trinajstić information content (AvgIpc) is 2.55. The number of nitrogens with one attached hydrogen (secondary N) is 1. The van der Waals surface area contributed by atoms with Gasteiger partial charge in [-0.3, -0.25) is 0 Å². The molecular formula is C9H17BrN4O. The Hall–Kier alpha value is -0.460. The maximum atomic E-state index is 5.35. The van der Waals surface area contributed by atoms with E-state index >= 15 is 0 Å². The number of aromatic nitrogens is 3. The first-order chi connectivity index (χ1) is 7.11. The van der Waals surface area contributed by atoms with Crippen molar-refractivity contribution in [2.75, 3.05) is 13.7 Å². The summed E-state index contributed by atoms with van der Waals surface area (Å²) in [4.78, 5) is 0. The van der Waals surface area contributed by atoms with Crippen LogP contribution in [0.1, 0.15) is 25.6 Å². The molecule has 0 amide bonds. The van der Waals surface area contributed by atoms with E-state index in [1.165, 1.54) is 0 Å². The summed E-state index contributed by atoms with van der Waals surface area (Å²) in [6, 6.07) is 0.0920. The van der Waals surface area contributed by atoms with Gasteiger partial charge in [0.05, 0.1) is 17.8 Å². The predicted molar refractivity (Wildman–Crippen MR) is 61.6 cm³/mol. The fourth-order valence-corrected chi connectivity index (χ4v) is 2.08. The summed E-state index contributed by atoms with van der Waals surface area (Å²) in [5.74, 6) is 0. The van der Waals surface area contributed by atoms with E-state index in [0.29, 0.717) is 0 Å². The van der Waals surface area contributed by atoms with Gasteiger partial charge in [0.25, 0.3) is 0 Å². The number of likely N-dealkylation sites (N-methyl/N-ethyl adjacent to an activating group) is 1. The lowest BCUT2D eigenvalue weighted by Crippen LogP contribution is -2.33. The first kappa shape index (κ1) is 12.6. The number of hydrogen-bond donors (Lipinski definition) is 1. The summed E-state index contributed by atoms with van der Waals surface area (Å²) >= 11 is 3.40. The van der Waals surface area contributed by atoms with Gasteiger partial charge in [0.15, 0.2) is 4.60 Å². The highest BCUT2D eigenvalue weighted by Crippen LogP contribution is 2.24. The molecule has 5 nitrogen and oxygen atoms in total. The largest absolute Gasteiger partial charge is 0.380 e. The van der Waals surface area contributed by atoms with Gasteiger partial charge in [0.1, 0.15) is 0 Å². The van der Waals surface area contributed by atoms with E-state index in [0.717, 1.165) is 16.8 Å². The van der Waals surface area contributed by atoms with Gasteiger partial charge >= 0.3 is 0 Å². The van der Waals surface area contributed by atoms with Crippen LogP contribution in [-0.2, 0) is 11.8 Å². The van der Waals surface area contributed by atoms with Gasteiger partial charge in [-0.1, -0.05) is 12.1 Å². The van der Waals surface area contributed by atoms with Gasteiger partial charge in [-0.2, -0.15) is 0 Å². The molecule has 1 N–H and O–H groups in total. The molecule has 0 radical (unpaired) electrons. The van der Waals surface area contributed by atoms with Crippen molar-refractivity contribution in [1.29, 1.82) is 0 Å². The van der Waals surface area contributed by atoms with Crippen LogP contribution in [0, 0.1) is 0 Å². The van der Waals surface area contributed by atoms with Crippen molar-refractivity contribution in [2.24, 2.45) is 7.05 Å². The van der Waals surface area contributed by atoms with Crippen molar-refractivity contribution in [3.8, 4) is 0 Å². The summed E-state index contributed by atoms with van der Waals surface area (Å²) in [6.07, 6.45) is 0.0680. The maximum Gasteiger partial charge on any atom is 0.153 e. The standard InChI is InChI=1S/C9H17BrN4O/c1-5-11-7(6(2)15-4)8-9(10)12-13-14(8)3/h6-7,11H,5H2,1-4H3. The smallest absolute Gasteiger partial charge is 0.153 e. The van der Waals surface area contributed by atoms with Gasteiger partial charge in [-0.25, -0.2) is 4.68 Å². The van der Waals surface area contributed by atoms with Gasteiger partial charge in [0.2, 0.25) is 0 Å². The second-order valence-corrected chi connectivity index (χ2v) is 4.12. The normalized spacial score (nSPS) is 15.3. The highest BCUT2D eigenvalue weighted by atomic mass is 79.9. The highest BCUT2D eigenvalue weighted by Gasteiger charge is 2.24. The zero-order chi connectivity index (χ0) is 11.4. The molecule has 1 aromatic heterocycles. The Bertz CT molecular complexity index is 296. The maximum absolute atomic E-state index is 5.35. The topological polar surface area (TPSA) is 52.0 Å². The molecule has 0 aliphatic heterocycles. The zero-order valence-corrected chi connectivity index (χ0v) is 11.1. The number of ether oxygens (including phenoxy) is 1. The molecule has 6 heteroatoms. The minimum absolute atomic E-state index is 0.0680. The van der Waals surface area contributed by atoms with Gasteiger partial charge < -0.3 is 10.1 Å². The van der Waals surface area contributed by atoms with E-state index in [4.69, 9.17) is 4.74 Å². The molecule has 0 spiro atoms. The van der Waals surface area contributed by atoms with Crippen molar-refractivity contribution in [3.63, 3.8) is 0 Å². The lowest BCUT2D eigenvalue weighted by Gasteiger charge is -2.23. The molecule has 15 heavy (non-hydrogen) atoms. The van der Waals surface area contributed by atoms with Crippen LogP contribution in [0.25, 0.3) is 0 Å². The Kier molecular flexibility index (Phi) is 4.69. The minimum atomic E-state index is 0.0680. The number of methoxy groups -OCH3 is 1. The Morgan fingerprint density at radius 3 is 2.67 bits per heavy atom. The second-order valence-electron chi connectivity index (χ2n) is 3.37. The number of halogens is 1. The molecule has 0 aromatic carbocycles. The zero-order valence-electron chi connectivity index (χ0n) is 9.49. The van der Waals surface area contributed by atoms with Crippen LogP contribution in [0.3, 0.4) is 0 Å². The molecule has 2 unspecified atom stereocenters. The molecule has 0 saturated heterocycles. The van der Waals surface area contributed by atoms with Crippen LogP contribution in [0.2, 0.25) is 0 Å². The fraction of sp³-hybridized carbons (Fsp3) is 0.778. The molecule has 0 saturated carbocycles. The van der Waals surface area contributed by atoms with E-state index in [2.05, 4.69) is 38.5 Å². The predicted octanol–water partition coefficient (Wildman–Crippen LogP) is 1.26. The number of nitrogens with zero attached hydrogens (tertiary/aromatic N) is 3. The molecule has 0 aliphatic carbocycles. The minimum Gasteiger partial charge on any atom is -0.380 e. The highest BCUT2D eigenvalue weighted by molar-refractivity contribution is 9.10. The van der Waals surface area contributed by atoms with Crippen molar-refractivity contribution in [2.45, 2.75) is 26.0 Å². The number of rotatable bonds is 5. The molecule has 2 atom stereocenters. The van der Waals surface area contributed by atoms with E-state index in [-0.39, 0.29) is 12.1 Å². The molecule has 0 aliphatic rings. The van der Waals surface area contributed by atoms with Gasteiger partial charge in [0, 0.05) is 14.2 Å². The number of hydrogen-bond acceptors (Lipinski definition) is 4. The van der Waals surface area contributed by atoms with Crippen molar-refractivity contribution >= 4 is 15.9 Å². The van der Waals surface area contributed by atoms with E-state index in [1.807, 2.05) is 14.0 Å². The Morgan fingerprint density at radius 2 is 2.27 bits per heavy atom. The van der Waals surface area contributed by atoms with E-state index in [1.54, 1.807) is 11.8 Å². The van der Waals surface area contributed by atoms with Gasteiger partial charge in [-0.05, 0) is 29.4 Å². The Labute approximate surface area is 98.3 Å². The van der Waals surface area contributed by atoms with E-state index < -0.39 is 0 Å². The van der Waals surface area contributed by atoms with Crippen LogP contribution < -0.4 is 5.32 Å². The monoisotopic (exact) mass is 276 g/mol.